The van der Waals surface area contributed by atoms with E-state index in [1.807, 2.05) is 12.1 Å². The first kappa shape index (κ1) is 12.1. The van der Waals surface area contributed by atoms with Gasteiger partial charge in [0.2, 0.25) is 0 Å². The summed E-state index contributed by atoms with van der Waals surface area (Å²) in [6.07, 6.45) is 3.66. The van der Waals surface area contributed by atoms with Crippen LogP contribution < -0.4 is 0 Å². The number of ether oxygens (including phenoxy) is 1. The van der Waals surface area contributed by atoms with E-state index in [-0.39, 0.29) is 12.7 Å². The highest BCUT2D eigenvalue weighted by atomic mass is 16.5. The Bertz CT molecular complexity index is 289. The van der Waals surface area contributed by atoms with Crippen LogP contribution in [0.4, 0.5) is 0 Å². The molecular weight excluding hydrogens is 190 g/mol. The van der Waals surface area contributed by atoms with Gasteiger partial charge in [-0.1, -0.05) is 19.9 Å². The van der Waals surface area contributed by atoms with Crippen molar-refractivity contribution in [2.75, 3.05) is 6.61 Å². The molecule has 15 heavy (non-hydrogen) atoms. The van der Waals surface area contributed by atoms with E-state index in [1.165, 1.54) is 0 Å². The maximum Gasteiger partial charge on any atom is 0.0856 e. The third kappa shape index (κ3) is 3.29. The summed E-state index contributed by atoms with van der Waals surface area (Å²) in [7, 11) is 0. The van der Waals surface area contributed by atoms with E-state index in [0.29, 0.717) is 0 Å². The topological polar surface area (TPSA) is 42.4 Å². The van der Waals surface area contributed by atoms with Crippen LogP contribution in [0.1, 0.15) is 44.1 Å². The molecule has 0 spiro atoms. The summed E-state index contributed by atoms with van der Waals surface area (Å²) in [5, 5.41) is 9.17. The Balaban J connectivity index is 2.80. The van der Waals surface area contributed by atoms with Crippen molar-refractivity contribution in [3.63, 3.8) is 0 Å². The van der Waals surface area contributed by atoms with Gasteiger partial charge in [-0.2, -0.15) is 0 Å². The van der Waals surface area contributed by atoms with Crippen LogP contribution >= 0.6 is 0 Å². The van der Waals surface area contributed by atoms with Crippen molar-refractivity contribution >= 4 is 0 Å². The molecule has 3 heteroatoms. The highest BCUT2D eigenvalue weighted by molar-refractivity contribution is 5.21. The number of pyridine rings is 1. The zero-order valence-corrected chi connectivity index (χ0v) is 9.44. The molecule has 0 aliphatic rings. The molecule has 0 saturated heterocycles. The Morgan fingerprint density at radius 1 is 1.47 bits per heavy atom. The first-order valence-corrected chi connectivity index (χ1v) is 5.49. The van der Waals surface area contributed by atoms with Gasteiger partial charge in [0.05, 0.1) is 18.4 Å². The van der Waals surface area contributed by atoms with E-state index < -0.39 is 0 Å². The van der Waals surface area contributed by atoms with Crippen molar-refractivity contribution in [3.8, 4) is 0 Å². The fourth-order valence-electron chi connectivity index (χ4n) is 1.56. The van der Waals surface area contributed by atoms with Crippen molar-refractivity contribution < 1.29 is 9.84 Å². The maximum absolute atomic E-state index is 9.17. The van der Waals surface area contributed by atoms with Crippen LogP contribution in [0.2, 0.25) is 0 Å². The van der Waals surface area contributed by atoms with E-state index in [0.717, 1.165) is 30.7 Å². The lowest BCUT2D eigenvalue weighted by molar-refractivity contribution is 0.0486. The summed E-state index contributed by atoms with van der Waals surface area (Å²) in [6.45, 7) is 4.89. The summed E-state index contributed by atoms with van der Waals surface area (Å²) in [4.78, 5) is 4.14. The molecular formula is C12H19NO2. The third-order valence-corrected chi connectivity index (χ3v) is 2.32. The summed E-state index contributed by atoms with van der Waals surface area (Å²) in [5.74, 6) is 0. The van der Waals surface area contributed by atoms with Gasteiger partial charge in [-0.25, -0.2) is 0 Å². The van der Waals surface area contributed by atoms with E-state index in [4.69, 9.17) is 4.74 Å². The zero-order valence-electron chi connectivity index (χ0n) is 9.44. The molecule has 3 nitrogen and oxygen atoms in total. The number of nitrogens with zero attached hydrogens (tertiary/aromatic N) is 1. The number of aliphatic hydroxyl groups excluding tert-OH is 1. The lowest BCUT2D eigenvalue weighted by Gasteiger charge is -2.18. The standard InChI is InChI=1S/C12H19NO2/c1-3-8-15-12(4-2)10-6-5-7-13-11(10)9-14/h5-7,12,14H,3-4,8-9H2,1-2H3. The van der Waals surface area contributed by atoms with Crippen LogP contribution in [0.25, 0.3) is 0 Å². The Labute approximate surface area is 91.1 Å². The fraction of sp³-hybridized carbons (Fsp3) is 0.583. The average Bonchev–Trinajstić information content (AvgIpc) is 2.30. The number of aliphatic hydroxyl groups is 1. The van der Waals surface area contributed by atoms with Crippen LogP contribution in [0.3, 0.4) is 0 Å². The van der Waals surface area contributed by atoms with Crippen molar-refractivity contribution in [2.45, 2.75) is 39.4 Å². The third-order valence-electron chi connectivity index (χ3n) is 2.32. The lowest BCUT2D eigenvalue weighted by Crippen LogP contribution is -2.08. The van der Waals surface area contributed by atoms with Gasteiger partial charge in [0.1, 0.15) is 0 Å². The molecule has 1 heterocycles. The summed E-state index contributed by atoms with van der Waals surface area (Å²) in [5.41, 5.74) is 1.73. The van der Waals surface area contributed by atoms with Gasteiger partial charge >= 0.3 is 0 Å². The maximum atomic E-state index is 9.17. The molecule has 0 amide bonds. The van der Waals surface area contributed by atoms with E-state index in [1.54, 1.807) is 6.20 Å². The molecule has 1 rings (SSSR count). The zero-order chi connectivity index (χ0) is 11.1. The van der Waals surface area contributed by atoms with Crippen molar-refractivity contribution in [1.29, 1.82) is 0 Å². The minimum Gasteiger partial charge on any atom is -0.390 e. The Morgan fingerprint density at radius 2 is 2.27 bits per heavy atom. The summed E-state index contributed by atoms with van der Waals surface area (Å²) in [6, 6.07) is 3.86. The highest BCUT2D eigenvalue weighted by Crippen LogP contribution is 2.23. The van der Waals surface area contributed by atoms with Crippen molar-refractivity contribution in [1.82, 2.24) is 4.98 Å². The molecule has 1 unspecified atom stereocenters. The molecule has 1 aromatic heterocycles. The molecule has 0 saturated carbocycles. The number of hydrogen-bond donors (Lipinski definition) is 1. The van der Waals surface area contributed by atoms with Crippen molar-refractivity contribution in [3.05, 3.63) is 29.6 Å². The number of rotatable bonds is 6. The second-order valence-corrected chi connectivity index (χ2v) is 3.47. The second kappa shape index (κ2) is 6.53. The van der Waals surface area contributed by atoms with Gasteiger partial charge in [-0.3, -0.25) is 4.98 Å². The van der Waals surface area contributed by atoms with E-state index >= 15 is 0 Å². The Morgan fingerprint density at radius 3 is 2.87 bits per heavy atom. The van der Waals surface area contributed by atoms with Crippen LogP contribution in [0.5, 0.6) is 0 Å². The normalized spacial score (nSPS) is 12.7. The van der Waals surface area contributed by atoms with Gasteiger partial charge < -0.3 is 9.84 Å². The van der Waals surface area contributed by atoms with E-state index in [9.17, 15) is 5.11 Å². The molecule has 0 aliphatic carbocycles. The molecule has 1 aromatic rings. The van der Waals surface area contributed by atoms with Gasteiger partial charge in [-0.05, 0) is 18.9 Å². The molecule has 0 aromatic carbocycles. The van der Waals surface area contributed by atoms with Crippen LogP contribution in [-0.2, 0) is 11.3 Å². The predicted molar refractivity (Wildman–Crippen MR) is 59.4 cm³/mol. The first-order valence-electron chi connectivity index (χ1n) is 5.49. The SMILES string of the molecule is CCCOC(CC)c1cccnc1CO. The average molecular weight is 209 g/mol. The fourth-order valence-corrected chi connectivity index (χ4v) is 1.56. The minimum absolute atomic E-state index is 0.0256. The lowest BCUT2D eigenvalue weighted by atomic mass is 10.1. The van der Waals surface area contributed by atoms with Gasteiger partial charge in [0, 0.05) is 18.4 Å². The monoisotopic (exact) mass is 209 g/mol. The molecule has 0 bridgehead atoms. The molecule has 0 aliphatic heterocycles. The predicted octanol–water partition coefficient (Wildman–Crippen LogP) is 2.45. The molecule has 0 fully saturated rings. The Hall–Kier alpha value is -0.930. The van der Waals surface area contributed by atoms with Crippen LogP contribution in [-0.4, -0.2) is 16.7 Å². The Kier molecular flexibility index (Phi) is 5.29. The first-order chi connectivity index (χ1) is 7.33. The van der Waals surface area contributed by atoms with E-state index in [2.05, 4.69) is 18.8 Å². The second-order valence-electron chi connectivity index (χ2n) is 3.47. The van der Waals surface area contributed by atoms with Gasteiger partial charge in [-0.15, -0.1) is 0 Å². The smallest absolute Gasteiger partial charge is 0.0856 e. The van der Waals surface area contributed by atoms with Gasteiger partial charge in [0.25, 0.3) is 0 Å². The number of hydrogen-bond acceptors (Lipinski definition) is 3. The minimum atomic E-state index is -0.0256. The quantitative estimate of drug-likeness (QED) is 0.782. The van der Waals surface area contributed by atoms with Crippen LogP contribution in [0, 0.1) is 0 Å². The highest BCUT2D eigenvalue weighted by Gasteiger charge is 2.13. The molecule has 84 valence electrons. The van der Waals surface area contributed by atoms with Crippen molar-refractivity contribution in [2.24, 2.45) is 0 Å². The molecule has 1 atom stereocenters. The number of aromatic nitrogens is 1. The summed E-state index contributed by atoms with van der Waals surface area (Å²) < 4.78 is 5.72. The largest absolute Gasteiger partial charge is 0.390 e. The van der Waals surface area contributed by atoms with Gasteiger partial charge in [0.15, 0.2) is 0 Å². The van der Waals surface area contributed by atoms with Crippen LogP contribution in [0.15, 0.2) is 18.3 Å². The molecule has 1 N–H and O–H groups in total. The summed E-state index contributed by atoms with van der Waals surface area (Å²) >= 11 is 0. The molecule has 0 radical (unpaired) electrons.